The first-order valence-electron chi connectivity index (χ1n) is 8.81. The normalized spacial score (nSPS) is 11.8. The van der Waals surface area contributed by atoms with Crippen molar-refractivity contribution in [2.24, 2.45) is 0 Å². The standard InChI is InChI=1S/C19H34N2/c1-5-14-20(15-6-2)19(18-12-10-9-11-13-18)21(16-7-3)17-8-4/h9-13,19H,5-8,14-17H2,1-4H3. The fourth-order valence-electron chi connectivity index (χ4n) is 3.14. The molecule has 0 N–H and O–H groups in total. The summed E-state index contributed by atoms with van der Waals surface area (Å²) in [4.78, 5) is 5.33. The lowest BCUT2D eigenvalue weighted by Crippen LogP contribution is -2.43. The van der Waals surface area contributed by atoms with Gasteiger partial charge < -0.3 is 0 Å². The summed E-state index contributed by atoms with van der Waals surface area (Å²) in [6.45, 7) is 13.9. The second-order valence-electron chi connectivity index (χ2n) is 5.86. The molecule has 0 heterocycles. The summed E-state index contributed by atoms with van der Waals surface area (Å²) in [5, 5.41) is 0. The predicted octanol–water partition coefficient (Wildman–Crippen LogP) is 4.93. The number of hydrogen-bond acceptors (Lipinski definition) is 2. The molecule has 0 spiro atoms. The van der Waals surface area contributed by atoms with E-state index in [4.69, 9.17) is 0 Å². The van der Waals surface area contributed by atoms with E-state index in [1.165, 1.54) is 57.4 Å². The van der Waals surface area contributed by atoms with E-state index in [1.807, 2.05) is 0 Å². The molecule has 0 amide bonds. The summed E-state index contributed by atoms with van der Waals surface area (Å²) in [6, 6.07) is 11.1. The summed E-state index contributed by atoms with van der Waals surface area (Å²) < 4.78 is 0. The molecule has 0 aliphatic carbocycles. The second-order valence-corrected chi connectivity index (χ2v) is 5.86. The molecule has 1 rings (SSSR count). The Kier molecular flexibility index (Phi) is 9.36. The van der Waals surface area contributed by atoms with Crippen LogP contribution in [0, 0.1) is 0 Å². The fraction of sp³-hybridized carbons (Fsp3) is 0.684. The van der Waals surface area contributed by atoms with Crippen molar-refractivity contribution in [3.8, 4) is 0 Å². The zero-order valence-corrected chi connectivity index (χ0v) is 14.5. The van der Waals surface area contributed by atoms with E-state index >= 15 is 0 Å². The molecule has 0 atom stereocenters. The molecule has 0 aliphatic heterocycles. The van der Waals surface area contributed by atoms with Crippen molar-refractivity contribution in [2.45, 2.75) is 59.5 Å². The Balaban J connectivity index is 3.06. The minimum atomic E-state index is 0.436. The maximum atomic E-state index is 2.67. The Labute approximate surface area is 132 Å². The van der Waals surface area contributed by atoms with Crippen molar-refractivity contribution < 1.29 is 0 Å². The van der Waals surface area contributed by atoms with Gasteiger partial charge in [0, 0.05) is 0 Å². The summed E-state index contributed by atoms with van der Waals surface area (Å²) in [5.41, 5.74) is 1.45. The van der Waals surface area contributed by atoms with Crippen molar-refractivity contribution in [3.05, 3.63) is 35.9 Å². The van der Waals surface area contributed by atoms with Crippen LogP contribution >= 0.6 is 0 Å². The smallest absolute Gasteiger partial charge is 0.0886 e. The van der Waals surface area contributed by atoms with Crippen LogP contribution in [-0.2, 0) is 0 Å². The van der Waals surface area contributed by atoms with E-state index in [0.29, 0.717) is 6.17 Å². The lowest BCUT2D eigenvalue weighted by Gasteiger charge is -2.40. The van der Waals surface area contributed by atoms with E-state index in [1.54, 1.807) is 0 Å². The van der Waals surface area contributed by atoms with Gasteiger partial charge in [0.2, 0.25) is 0 Å². The molecular weight excluding hydrogens is 256 g/mol. The second kappa shape index (κ2) is 10.8. The van der Waals surface area contributed by atoms with Crippen LogP contribution in [0.25, 0.3) is 0 Å². The third-order valence-corrected chi connectivity index (χ3v) is 3.83. The SMILES string of the molecule is CCCN(CCC)C(c1ccccc1)N(CCC)CCC. The molecule has 1 aromatic rings. The molecule has 21 heavy (non-hydrogen) atoms. The van der Waals surface area contributed by atoms with Gasteiger partial charge in [-0.05, 0) is 57.4 Å². The number of hydrogen-bond donors (Lipinski definition) is 0. The molecule has 2 heteroatoms. The van der Waals surface area contributed by atoms with E-state index in [9.17, 15) is 0 Å². The first kappa shape index (κ1) is 18.2. The molecular formula is C19H34N2. The van der Waals surface area contributed by atoms with Crippen LogP contribution in [0.5, 0.6) is 0 Å². The monoisotopic (exact) mass is 290 g/mol. The minimum Gasteiger partial charge on any atom is -0.284 e. The van der Waals surface area contributed by atoms with Crippen molar-refractivity contribution >= 4 is 0 Å². The predicted molar refractivity (Wildman–Crippen MR) is 93.5 cm³/mol. The molecule has 0 fully saturated rings. The van der Waals surface area contributed by atoms with Crippen LogP contribution < -0.4 is 0 Å². The molecule has 0 unspecified atom stereocenters. The van der Waals surface area contributed by atoms with E-state index in [-0.39, 0.29) is 0 Å². The maximum absolute atomic E-state index is 2.67. The van der Waals surface area contributed by atoms with Gasteiger partial charge in [-0.2, -0.15) is 0 Å². The Morgan fingerprint density at radius 3 is 1.38 bits per heavy atom. The van der Waals surface area contributed by atoms with Gasteiger partial charge in [0.1, 0.15) is 0 Å². The molecule has 1 aromatic carbocycles. The zero-order chi connectivity index (χ0) is 15.5. The molecule has 0 aromatic heterocycles. The van der Waals surface area contributed by atoms with E-state index in [2.05, 4.69) is 67.8 Å². The summed E-state index contributed by atoms with van der Waals surface area (Å²) in [7, 11) is 0. The number of nitrogens with zero attached hydrogens (tertiary/aromatic N) is 2. The molecule has 0 saturated carbocycles. The Morgan fingerprint density at radius 2 is 1.05 bits per heavy atom. The van der Waals surface area contributed by atoms with Gasteiger partial charge in [-0.25, -0.2) is 0 Å². The largest absolute Gasteiger partial charge is 0.284 e. The summed E-state index contributed by atoms with van der Waals surface area (Å²) >= 11 is 0. The first-order valence-corrected chi connectivity index (χ1v) is 8.81. The number of benzene rings is 1. The maximum Gasteiger partial charge on any atom is 0.0886 e. The molecule has 0 aliphatic rings. The van der Waals surface area contributed by atoms with Gasteiger partial charge in [-0.15, -0.1) is 0 Å². The lowest BCUT2D eigenvalue weighted by atomic mass is 10.1. The molecule has 2 nitrogen and oxygen atoms in total. The van der Waals surface area contributed by atoms with Gasteiger partial charge >= 0.3 is 0 Å². The average Bonchev–Trinajstić information content (AvgIpc) is 2.49. The molecule has 120 valence electrons. The Morgan fingerprint density at radius 1 is 0.667 bits per heavy atom. The Hall–Kier alpha value is -0.860. The van der Waals surface area contributed by atoms with Crippen molar-refractivity contribution in [3.63, 3.8) is 0 Å². The van der Waals surface area contributed by atoms with Gasteiger partial charge in [0.15, 0.2) is 0 Å². The van der Waals surface area contributed by atoms with Crippen molar-refractivity contribution in [1.82, 2.24) is 9.80 Å². The van der Waals surface area contributed by atoms with Crippen LogP contribution in [0.1, 0.15) is 65.1 Å². The topological polar surface area (TPSA) is 6.48 Å². The highest BCUT2D eigenvalue weighted by Gasteiger charge is 2.24. The zero-order valence-electron chi connectivity index (χ0n) is 14.5. The quantitative estimate of drug-likeness (QED) is 0.533. The van der Waals surface area contributed by atoms with Gasteiger partial charge in [0.05, 0.1) is 6.17 Å². The van der Waals surface area contributed by atoms with Crippen LogP contribution in [0.4, 0.5) is 0 Å². The van der Waals surface area contributed by atoms with Crippen LogP contribution in [0.2, 0.25) is 0 Å². The molecule has 0 bridgehead atoms. The highest BCUT2D eigenvalue weighted by Crippen LogP contribution is 2.26. The average molecular weight is 290 g/mol. The minimum absolute atomic E-state index is 0.436. The number of rotatable bonds is 11. The third-order valence-electron chi connectivity index (χ3n) is 3.83. The van der Waals surface area contributed by atoms with Gasteiger partial charge in [-0.3, -0.25) is 9.80 Å². The molecule has 0 radical (unpaired) electrons. The van der Waals surface area contributed by atoms with Gasteiger partial charge in [0.25, 0.3) is 0 Å². The van der Waals surface area contributed by atoms with Crippen LogP contribution in [0.15, 0.2) is 30.3 Å². The van der Waals surface area contributed by atoms with Crippen LogP contribution in [-0.4, -0.2) is 36.0 Å². The van der Waals surface area contributed by atoms with Crippen LogP contribution in [0.3, 0.4) is 0 Å². The molecule has 0 saturated heterocycles. The fourth-order valence-corrected chi connectivity index (χ4v) is 3.14. The lowest BCUT2D eigenvalue weighted by molar-refractivity contribution is 0.0397. The van der Waals surface area contributed by atoms with Crippen molar-refractivity contribution in [2.75, 3.05) is 26.2 Å². The summed E-state index contributed by atoms with van der Waals surface area (Å²) in [6.07, 6.45) is 5.31. The Bertz CT molecular complexity index is 322. The highest BCUT2D eigenvalue weighted by atomic mass is 15.3. The first-order chi connectivity index (χ1) is 10.3. The van der Waals surface area contributed by atoms with Crippen molar-refractivity contribution in [1.29, 1.82) is 0 Å². The van der Waals surface area contributed by atoms with E-state index in [0.717, 1.165) is 0 Å². The van der Waals surface area contributed by atoms with Gasteiger partial charge in [-0.1, -0.05) is 58.0 Å². The van der Waals surface area contributed by atoms with E-state index < -0.39 is 0 Å². The highest BCUT2D eigenvalue weighted by molar-refractivity contribution is 5.18. The third kappa shape index (κ3) is 5.80. The summed E-state index contributed by atoms with van der Waals surface area (Å²) in [5.74, 6) is 0.